The summed E-state index contributed by atoms with van der Waals surface area (Å²) in [6, 6.07) is 0. The quantitative estimate of drug-likeness (QED) is 0.406. The molecule has 1 fully saturated rings. The predicted molar refractivity (Wildman–Crippen MR) is 62.4 cm³/mol. The van der Waals surface area contributed by atoms with Gasteiger partial charge in [0.2, 0.25) is 0 Å². The minimum Gasteiger partial charge on any atom is -0.328 e. The van der Waals surface area contributed by atoms with Gasteiger partial charge in [0.15, 0.2) is 8.24 Å². The first-order valence-corrected chi connectivity index (χ1v) is 8.57. The van der Waals surface area contributed by atoms with E-state index in [2.05, 4.69) is 24.7 Å². The Labute approximate surface area is 91.4 Å². The van der Waals surface area contributed by atoms with Crippen molar-refractivity contribution in [1.29, 1.82) is 0 Å². The fraction of sp³-hybridized carbons (Fsp3) is 0.700. The van der Waals surface area contributed by atoms with Gasteiger partial charge in [0, 0.05) is 19.9 Å². The molecule has 1 aliphatic carbocycles. The highest BCUT2D eigenvalue weighted by molar-refractivity contribution is 6.73. The smallest absolute Gasteiger partial charge is 0.168 e. The van der Waals surface area contributed by atoms with Crippen LogP contribution in [-0.2, 0) is 9.59 Å². The van der Waals surface area contributed by atoms with Crippen molar-refractivity contribution >= 4 is 25.5 Å². The lowest BCUT2D eigenvalue weighted by Crippen LogP contribution is -2.40. The second kappa shape index (κ2) is 4.26. The highest BCUT2D eigenvalue weighted by atomic mass is 28.3. The molecular formula is C10H18N2O2Si. The zero-order valence-corrected chi connectivity index (χ0v) is 10.8. The van der Waals surface area contributed by atoms with E-state index in [1.54, 1.807) is 0 Å². The minimum absolute atomic E-state index is 0.00558. The van der Waals surface area contributed by atoms with E-state index < -0.39 is 8.24 Å². The Morgan fingerprint density at radius 3 is 1.93 bits per heavy atom. The molecule has 0 amide bonds. The summed E-state index contributed by atoms with van der Waals surface area (Å²) >= 11 is 0. The minimum atomic E-state index is -1.47. The van der Waals surface area contributed by atoms with Gasteiger partial charge in [-0.25, -0.2) is 0 Å². The monoisotopic (exact) mass is 226 g/mol. The summed E-state index contributed by atoms with van der Waals surface area (Å²) in [7, 11) is 0.454. The largest absolute Gasteiger partial charge is 0.328 e. The van der Waals surface area contributed by atoms with E-state index in [9.17, 15) is 9.59 Å². The first-order valence-electron chi connectivity index (χ1n) is 5.12. The number of Topliss-reactive ketones (excluding diaryl/α,β-unsaturated/α-hetero) is 2. The standard InChI is InChI=1S/C10H18N2O2Si/c1-12(15(2,3)4)11-8-5-9(13)7-10(14)6-8/h5-7H2,1-4H3. The zero-order valence-electron chi connectivity index (χ0n) is 9.83. The lowest BCUT2D eigenvalue weighted by molar-refractivity contribution is -0.126. The normalized spacial score (nSPS) is 18.0. The maximum atomic E-state index is 11.2. The molecule has 1 saturated carbocycles. The Morgan fingerprint density at radius 1 is 1.07 bits per heavy atom. The molecule has 1 aliphatic rings. The molecule has 0 aromatic rings. The summed E-state index contributed by atoms with van der Waals surface area (Å²) in [6.45, 7) is 6.51. The summed E-state index contributed by atoms with van der Waals surface area (Å²) in [6.07, 6.45) is 0.788. The molecule has 0 spiro atoms. The third kappa shape index (κ3) is 3.58. The van der Waals surface area contributed by atoms with Crippen LogP contribution in [0.4, 0.5) is 0 Å². The Balaban J connectivity index is 2.75. The first-order chi connectivity index (χ1) is 6.79. The van der Waals surface area contributed by atoms with E-state index in [0.29, 0.717) is 12.8 Å². The molecule has 5 heteroatoms. The molecule has 0 heterocycles. The van der Waals surface area contributed by atoms with Crippen LogP contribution in [0.15, 0.2) is 5.10 Å². The fourth-order valence-corrected chi connectivity index (χ4v) is 1.74. The number of carbonyl (C=O) groups is 2. The van der Waals surface area contributed by atoms with E-state index in [4.69, 9.17) is 0 Å². The molecule has 84 valence electrons. The van der Waals surface area contributed by atoms with Gasteiger partial charge in [-0.1, -0.05) is 19.6 Å². The van der Waals surface area contributed by atoms with Crippen molar-refractivity contribution in [3.63, 3.8) is 0 Å². The van der Waals surface area contributed by atoms with Crippen molar-refractivity contribution in [3.05, 3.63) is 0 Å². The molecular weight excluding hydrogens is 208 g/mol. The molecule has 4 nitrogen and oxygen atoms in total. The van der Waals surface area contributed by atoms with Crippen LogP contribution in [0, 0.1) is 0 Å². The summed E-state index contributed by atoms with van der Waals surface area (Å²) in [5, 5.41) is 4.38. The van der Waals surface area contributed by atoms with Gasteiger partial charge in [0.1, 0.15) is 11.6 Å². The van der Waals surface area contributed by atoms with Crippen molar-refractivity contribution < 1.29 is 9.59 Å². The van der Waals surface area contributed by atoms with E-state index in [0.717, 1.165) is 5.71 Å². The summed E-state index contributed by atoms with van der Waals surface area (Å²) in [4.78, 5) is 22.4. The molecule has 0 saturated heterocycles. The van der Waals surface area contributed by atoms with Crippen LogP contribution < -0.4 is 0 Å². The van der Waals surface area contributed by atoms with Gasteiger partial charge in [0.25, 0.3) is 0 Å². The number of ketones is 2. The van der Waals surface area contributed by atoms with E-state index in [1.165, 1.54) is 0 Å². The molecule has 1 rings (SSSR count). The lowest BCUT2D eigenvalue weighted by atomic mass is 9.96. The number of nitrogens with zero attached hydrogens (tertiary/aromatic N) is 2. The van der Waals surface area contributed by atoms with Crippen LogP contribution in [-0.4, -0.2) is 37.2 Å². The molecule has 0 aliphatic heterocycles. The van der Waals surface area contributed by atoms with Crippen molar-refractivity contribution in [2.75, 3.05) is 7.05 Å². The average molecular weight is 226 g/mol. The number of hydrazone groups is 1. The van der Waals surface area contributed by atoms with E-state index in [1.807, 2.05) is 11.7 Å². The second-order valence-corrected chi connectivity index (χ2v) is 9.96. The van der Waals surface area contributed by atoms with Crippen molar-refractivity contribution in [2.24, 2.45) is 5.10 Å². The second-order valence-electron chi connectivity index (χ2n) is 4.97. The summed E-state index contributed by atoms with van der Waals surface area (Å²) in [5.41, 5.74) is 0.723. The van der Waals surface area contributed by atoms with E-state index in [-0.39, 0.29) is 18.0 Å². The highest BCUT2D eigenvalue weighted by Crippen LogP contribution is 2.13. The Kier molecular flexibility index (Phi) is 3.44. The lowest BCUT2D eigenvalue weighted by Gasteiger charge is -2.28. The number of carbonyl (C=O) groups excluding carboxylic acids is 2. The van der Waals surface area contributed by atoms with Gasteiger partial charge < -0.3 is 4.67 Å². The maximum absolute atomic E-state index is 11.2. The van der Waals surface area contributed by atoms with Crippen LogP contribution in [0.2, 0.25) is 19.6 Å². The highest BCUT2D eigenvalue weighted by Gasteiger charge is 2.24. The zero-order chi connectivity index (χ0) is 11.6. The number of hydrogen-bond donors (Lipinski definition) is 0. The molecule has 0 aromatic heterocycles. The molecule has 0 unspecified atom stereocenters. The number of rotatable bonds is 2. The van der Waals surface area contributed by atoms with Gasteiger partial charge >= 0.3 is 0 Å². The van der Waals surface area contributed by atoms with Crippen LogP contribution in [0.5, 0.6) is 0 Å². The maximum Gasteiger partial charge on any atom is 0.168 e. The van der Waals surface area contributed by atoms with Crippen molar-refractivity contribution in [3.8, 4) is 0 Å². The molecule has 0 radical (unpaired) electrons. The topological polar surface area (TPSA) is 49.7 Å². The Bertz CT molecular complexity index is 300. The van der Waals surface area contributed by atoms with Crippen LogP contribution in [0.1, 0.15) is 19.3 Å². The van der Waals surface area contributed by atoms with Gasteiger partial charge in [-0.3, -0.25) is 9.59 Å². The van der Waals surface area contributed by atoms with Gasteiger partial charge in [-0.15, -0.1) is 0 Å². The van der Waals surface area contributed by atoms with E-state index >= 15 is 0 Å². The van der Waals surface area contributed by atoms with Crippen LogP contribution in [0.3, 0.4) is 0 Å². The predicted octanol–water partition coefficient (Wildman–Crippen LogP) is 1.43. The summed E-state index contributed by atoms with van der Waals surface area (Å²) < 4.78 is 1.94. The third-order valence-corrected chi connectivity index (χ3v) is 4.50. The average Bonchev–Trinajstić information content (AvgIpc) is 1.99. The molecule has 0 bridgehead atoms. The van der Waals surface area contributed by atoms with Crippen LogP contribution in [0.25, 0.3) is 0 Å². The third-order valence-electron chi connectivity index (χ3n) is 2.46. The van der Waals surface area contributed by atoms with Crippen molar-refractivity contribution in [2.45, 2.75) is 38.9 Å². The molecule has 15 heavy (non-hydrogen) atoms. The fourth-order valence-electron chi connectivity index (χ4n) is 1.30. The van der Waals surface area contributed by atoms with Gasteiger partial charge in [0.05, 0.1) is 12.1 Å². The molecule has 0 atom stereocenters. The first kappa shape index (κ1) is 12.1. The SMILES string of the molecule is CN(N=C1CC(=O)CC(=O)C1)[Si](C)(C)C. The van der Waals surface area contributed by atoms with Gasteiger partial charge in [-0.05, 0) is 0 Å². The molecule has 0 aromatic carbocycles. The Morgan fingerprint density at radius 2 is 1.53 bits per heavy atom. The molecule has 0 N–H and O–H groups in total. The van der Waals surface area contributed by atoms with Crippen LogP contribution >= 0.6 is 0 Å². The van der Waals surface area contributed by atoms with Gasteiger partial charge in [-0.2, -0.15) is 5.10 Å². The Hall–Kier alpha value is -0.973. The number of hydrogen-bond acceptors (Lipinski definition) is 4. The summed E-state index contributed by atoms with van der Waals surface area (Å²) in [5.74, 6) is -0.0112. The van der Waals surface area contributed by atoms with Crippen molar-refractivity contribution in [1.82, 2.24) is 4.67 Å².